The van der Waals surface area contributed by atoms with Crippen LogP contribution in [0.5, 0.6) is 0 Å². The molecular weight excluding hydrogens is 318 g/mol. The van der Waals surface area contributed by atoms with Gasteiger partial charge >= 0.3 is 5.97 Å². The highest BCUT2D eigenvalue weighted by molar-refractivity contribution is 9.10. The van der Waals surface area contributed by atoms with E-state index in [0.717, 1.165) is 10.0 Å². The van der Waals surface area contributed by atoms with E-state index in [0.29, 0.717) is 12.1 Å². The van der Waals surface area contributed by atoms with Crippen LogP contribution in [0.15, 0.2) is 53.0 Å². The molecule has 0 heterocycles. The van der Waals surface area contributed by atoms with E-state index < -0.39 is 5.97 Å². The third-order valence-corrected chi connectivity index (χ3v) is 3.88. The van der Waals surface area contributed by atoms with Crippen molar-refractivity contribution < 1.29 is 9.90 Å². The first-order valence-electron chi connectivity index (χ1n) is 6.38. The zero-order chi connectivity index (χ0) is 14.5. The number of hydrogen-bond donors (Lipinski definition) is 2. The van der Waals surface area contributed by atoms with Crippen LogP contribution in [-0.4, -0.2) is 11.1 Å². The Balaban J connectivity index is 2.04. The molecular formula is C16H16BrNO2. The molecule has 2 aromatic rings. The molecule has 2 rings (SSSR count). The van der Waals surface area contributed by atoms with Crippen LogP contribution in [0, 0.1) is 0 Å². The Morgan fingerprint density at radius 1 is 1.25 bits per heavy atom. The summed E-state index contributed by atoms with van der Waals surface area (Å²) in [6.07, 6.45) is 0. The molecule has 0 unspecified atom stereocenters. The fourth-order valence-electron chi connectivity index (χ4n) is 2.02. The maximum Gasteiger partial charge on any atom is 0.335 e. The summed E-state index contributed by atoms with van der Waals surface area (Å²) in [5.74, 6) is -0.897. The molecule has 0 amide bonds. The summed E-state index contributed by atoms with van der Waals surface area (Å²) in [4.78, 5) is 10.9. The van der Waals surface area contributed by atoms with Crippen molar-refractivity contribution in [2.24, 2.45) is 0 Å². The van der Waals surface area contributed by atoms with Gasteiger partial charge in [0.25, 0.3) is 0 Å². The third kappa shape index (κ3) is 3.68. The number of nitrogens with one attached hydrogen (secondary N) is 1. The summed E-state index contributed by atoms with van der Waals surface area (Å²) in [5.41, 5.74) is 2.46. The quantitative estimate of drug-likeness (QED) is 0.869. The lowest BCUT2D eigenvalue weighted by atomic mass is 10.1. The van der Waals surface area contributed by atoms with Gasteiger partial charge in [0.2, 0.25) is 0 Å². The second-order valence-electron chi connectivity index (χ2n) is 4.63. The summed E-state index contributed by atoms with van der Waals surface area (Å²) in [6, 6.07) is 15.2. The number of aromatic carboxylic acids is 1. The van der Waals surface area contributed by atoms with Gasteiger partial charge in [-0.1, -0.05) is 46.3 Å². The first-order valence-corrected chi connectivity index (χ1v) is 7.17. The van der Waals surface area contributed by atoms with Gasteiger partial charge < -0.3 is 10.4 Å². The first kappa shape index (κ1) is 14.8. The van der Waals surface area contributed by atoms with E-state index in [1.807, 2.05) is 24.3 Å². The summed E-state index contributed by atoms with van der Waals surface area (Å²) < 4.78 is 1.07. The molecule has 0 saturated heterocycles. The maximum absolute atomic E-state index is 10.9. The summed E-state index contributed by atoms with van der Waals surface area (Å²) >= 11 is 3.54. The molecule has 0 aliphatic rings. The van der Waals surface area contributed by atoms with Crippen LogP contribution in [-0.2, 0) is 6.54 Å². The molecule has 0 saturated carbocycles. The molecule has 0 aliphatic heterocycles. The minimum atomic E-state index is -0.897. The minimum absolute atomic E-state index is 0.180. The van der Waals surface area contributed by atoms with Crippen molar-refractivity contribution in [1.82, 2.24) is 5.32 Å². The van der Waals surface area contributed by atoms with Crippen molar-refractivity contribution in [3.05, 3.63) is 69.7 Å². The fourth-order valence-corrected chi connectivity index (χ4v) is 2.65. The van der Waals surface area contributed by atoms with Gasteiger partial charge in [0.05, 0.1) is 5.56 Å². The summed E-state index contributed by atoms with van der Waals surface area (Å²) in [7, 11) is 0. The van der Waals surface area contributed by atoms with Crippen molar-refractivity contribution in [2.75, 3.05) is 0 Å². The van der Waals surface area contributed by atoms with Crippen LogP contribution < -0.4 is 5.32 Å². The fraction of sp³-hybridized carbons (Fsp3) is 0.188. The molecule has 1 atom stereocenters. The van der Waals surface area contributed by atoms with Crippen molar-refractivity contribution in [3.63, 3.8) is 0 Å². The van der Waals surface area contributed by atoms with E-state index in [-0.39, 0.29) is 6.04 Å². The van der Waals surface area contributed by atoms with Crippen molar-refractivity contribution in [3.8, 4) is 0 Å². The molecule has 2 aromatic carbocycles. The monoisotopic (exact) mass is 333 g/mol. The smallest absolute Gasteiger partial charge is 0.335 e. The lowest BCUT2D eigenvalue weighted by Crippen LogP contribution is -2.18. The Kier molecular flexibility index (Phi) is 4.93. The molecule has 2 N–H and O–H groups in total. The number of carboxylic acids is 1. The average Bonchev–Trinajstić information content (AvgIpc) is 2.45. The third-order valence-electron chi connectivity index (χ3n) is 3.16. The molecule has 0 fully saturated rings. The molecule has 0 aliphatic carbocycles. The predicted molar refractivity (Wildman–Crippen MR) is 82.8 cm³/mol. The first-order chi connectivity index (χ1) is 9.58. The van der Waals surface area contributed by atoms with Gasteiger partial charge in [-0.3, -0.25) is 0 Å². The number of carboxylic acid groups (broad SMARTS) is 1. The topological polar surface area (TPSA) is 49.3 Å². The Labute approximate surface area is 126 Å². The maximum atomic E-state index is 10.9. The van der Waals surface area contributed by atoms with Crippen LogP contribution in [0.3, 0.4) is 0 Å². The van der Waals surface area contributed by atoms with Gasteiger partial charge in [0.1, 0.15) is 0 Å². The predicted octanol–water partition coefficient (Wildman–Crippen LogP) is 4.00. The second-order valence-corrected chi connectivity index (χ2v) is 5.48. The van der Waals surface area contributed by atoms with Gasteiger partial charge in [0, 0.05) is 17.1 Å². The Morgan fingerprint density at radius 2 is 2.00 bits per heavy atom. The van der Waals surface area contributed by atoms with E-state index in [2.05, 4.69) is 34.2 Å². The number of hydrogen-bond acceptors (Lipinski definition) is 2. The normalized spacial score (nSPS) is 12.1. The second kappa shape index (κ2) is 6.68. The van der Waals surface area contributed by atoms with Gasteiger partial charge in [-0.25, -0.2) is 4.79 Å². The van der Waals surface area contributed by atoms with Crippen LogP contribution in [0.4, 0.5) is 0 Å². The number of rotatable bonds is 5. The van der Waals surface area contributed by atoms with E-state index in [1.54, 1.807) is 18.2 Å². The lowest BCUT2D eigenvalue weighted by Gasteiger charge is -2.16. The van der Waals surface area contributed by atoms with Crippen LogP contribution >= 0.6 is 15.9 Å². The molecule has 20 heavy (non-hydrogen) atoms. The number of carbonyl (C=O) groups is 1. The molecule has 0 spiro atoms. The average molecular weight is 334 g/mol. The van der Waals surface area contributed by atoms with E-state index in [9.17, 15) is 4.79 Å². The lowest BCUT2D eigenvalue weighted by molar-refractivity contribution is 0.0696. The SMILES string of the molecule is C[C@@H](NCc1cccc(C(=O)O)c1)c1ccccc1Br. The van der Waals surface area contributed by atoms with Crippen molar-refractivity contribution in [1.29, 1.82) is 0 Å². The summed E-state index contributed by atoms with van der Waals surface area (Å²) in [5, 5.41) is 12.4. The number of benzene rings is 2. The van der Waals surface area contributed by atoms with Crippen LogP contribution in [0.25, 0.3) is 0 Å². The van der Waals surface area contributed by atoms with Gasteiger partial charge in [-0.05, 0) is 36.2 Å². The zero-order valence-electron chi connectivity index (χ0n) is 11.1. The highest BCUT2D eigenvalue weighted by Gasteiger charge is 2.09. The molecule has 0 aromatic heterocycles. The highest BCUT2D eigenvalue weighted by atomic mass is 79.9. The largest absolute Gasteiger partial charge is 0.478 e. The Morgan fingerprint density at radius 3 is 2.70 bits per heavy atom. The van der Waals surface area contributed by atoms with Crippen molar-refractivity contribution in [2.45, 2.75) is 19.5 Å². The molecule has 4 heteroatoms. The minimum Gasteiger partial charge on any atom is -0.478 e. The number of halogens is 1. The standard InChI is InChI=1S/C16H16BrNO2/c1-11(14-7-2-3-8-15(14)17)18-10-12-5-4-6-13(9-12)16(19)20/h2-9,11,18H,10H2,1H3,(H,19,20)/t11-/m1/s1. The zero-order valence-corrected chi connectivity index (χ0v) is 12.7. The summed E-state index contributed by atoms with van der Waals surface area (Å²) in [6.45, 7) is 2.71. The van der Waals surface area contributed by atoms with Gasteiger partial charge in [-0.15, -0.1) is 0 Å². The van der Waals surface area contributed by atoms with E-state index >= 15 is 0 Å². The Bertz CT molecular complexity index is 613. The molecule has 0 bridgehead atoms. The van der Waals surface area contributed by atoms with Crippen molar-refractivity contribution >= 4 is 21.9 Å². The van der Waals surface area contributed by atoms with Gasteiger partial charge in [-0.2, -0.15) is 0 Å². The highest BCUT2D eigenvalue weighted by Crippen LogP contribution is 2.23. The van der Waals surface area contributed by atoms with Crippen LogP contribution in [0.1, 0.15) is 34.5 Å². The van der Waals surface area contributed by atoms with E-state index in [4.69, 9.17) is 5.11 Å². The molecule has 0 radical (unpaired) electrons. The van der Waals surface area contributed by atoms with Gasteiger partial charge in [0.15, 0.2) is 0 Å². The Hall–Kier alpha value is -1.65. The molecule has 3 nitrogen and oxygen atoms in total. The molecule has 104 valence electrons. The van der Waals surface area contributed by atoms with E-state index in [1.165, 1.54) is 5.56 Å². The van der Waals surface area contributed by atoms with Crippen LogP contribution in [0.2, 0.25) is 0 Å².